The molecule has 0 radical (unpaired) electrons. The normalized spacial score (nSPS) is 11.7. The average molecular weight is 350 g/mol. The molecule has 7 nitrogen and oxygen atoms in total. The van der Waals surface area contributed by atoms with Gasteiger partial charge in [-0.25, -0.2) is 13.1 Å². The molecule has 0 unspecified atom stereocenters. The molecule has 0 saturated carbocycles. The molecule has 0 aliphatic rings. The van der Waals surface area contributed by atoms with E-state index in [0.717, 1.165) is 11.4 Å². The molecule has 0 bridgehead atoms. The largest absolute Gasteiger partial charge is 0.324 e. The van der Waals surface area contributed by atoms with Crippen LogP contribution in [0, 0.1) is 13.8 Å². The van der Waals surface area contributed by atoms with Crippen LogP contribution in [0.5, 0.6) is 0 Å². The molecule has 0 aliphatic heterocycles. The van der Waals surface area contributed by atoms with Gasteiger partial charge in [-0.2, -0.15) is 5.10 Å². The molecule has 2 aromatic rings. The van der Waals surface area contributed by atoms with Crippen molar-refractivity contribution < 1.29 is 13.2 Å². The van der Waals surface area contributed by atoms with E-state index in [1.807, 2.05) is 19.9 Å². The summed E-state index contributed by atoms with van der Waals surface area (Å²) >= 11 is 0. The molecule has 1 aromatic carbocycles. The van der Waals surface area contributed by atoms with Crippen LogP contribution in [0.3, 0.4) is 0 Å². The zero-order chi connectivity index (χ0) is 17.9. The van der Waals surface area contributed by atoms with E-state index in [4.69, 9.17) is 0 Å². The molecule has 2 rings (SSSR count). The summed E-state index contributed by atoms with van der Waals surface area (Å²) in [5, 5.41) is 6.97. The van der Waals surface area contributed by atoms with Crippen molar-refractivity contribution in [1.29, 1.82) is 0 Å². The summed E-state index contributed by atoms with van der Waals surface area (Å²) < 4.78 is 28.2. The summed E-state index contributed by atoms with van der Waals surface area (Å²) in [5.74, 6) is -0.225. The van der Waals surface area contributed by atoms with Crippen molar-refractivity contribution >= 4 is 21.6 Å². The molecule has 0 atom stereocenters. The highest BCUT2D eigenvalue weighted by atomic mass is 32.2. The molecule has 24 heavy (non-hydrogen) atoms. The van der Waals surface area contributed by atoms with Crippen LogP contribution < -0.4 is 10.0 Å². The third kappa shape index (κ3) is 4.65. The Morgan fingerprint density at radius 3 is 2.33 bits per heavy atom. The summed E-state index contributed by atoms with van der Waals surface area (Å²) in [7, 11) is -3.53. The Kier molecular flexibility index (Phi) is 5.40. The van der Waals surface area contributed by atoms with E-state index >= 15 is 0 Å². The van der Waals surface area contributed by atoms with Crippen LogP contribution in [0.15, 0.2) is 35.2 Å². The van der Waals surface area contributed by atoms with E-state index in [-0.39, 0.29) is 23.4 Å². The van der Waals surface area contributed by atoms with Crippen molar-refractivity contribution in [2.45, 2.75) is 45.2 Å². The highest BCUT2D eigenvalue weighted by molar-refractivity contribution is 7.89. The zero-order valence-electron chi connectivity index (χ0n) is 14.2. The number of aromatic nitrogens is 2. The number of nitrogens with one attached hydrogen (secondary N) is 2. The second kappa shape index (κ2) is 7.14. The Balaban J connectivity index is 2.03. The first-order valence-corrected chi connectivity index (χ1v) is 9.09. The van der Waals surface area contributed by atoms with Gasteiger partial charge < -0.3 is 5.32 Å². The minimum absolute atomic E-state index is 0.106. The van der Waals surface area contributed by atoms with E-state index in [9.17, 15) is 13.2 Å². The van der Waals surface area contributed by atoms with Gasteiger partial charge in [0.2, 0.25) is 15.9 Å². The van der Waals surface area contributed by atoms with Gasteiger partial charge >= 0.3 is 0 Å². The van der Waals surface area contributed by atoms with E-state index in [1.54, 1.807) is 30.7 Å². The lowest BCUT2D eigenvalue weighted by molar-refractivity contribution is -0.116. The first kappa shape index (κ1) is 18.2. The minimum atomic E-state index is -3.53. The summed E-state index contributed by atoms with van der Waals surface area (Å²) in [6.45, 7) is 7.37. The van der Waals surface area contributed by atoms with Gasteiger partial charge in [0.05, 0.1) is 10.6 Å². The number of carbonyl (C=O) groups is 1. The standard InChI is InChI=1S/C16H22N4O3S/c1-11(2)19-24(22,23)15-7-5-14(6-8-15)17-16(21)10-20-13(4)9-12(3)18-20/h5-9,11,19H,10H2,1-4H3,(H,17,21). The number of hydrogen-bond donors (Lipinski definition) is 2. The van der Waals surface area contributed by atoms with Gasteiger partial charge in [-0.1, -0.05) is 0 Å². The van der Waals surface area contributed by atoms with E-state index in [0.29, 0.717) is 5.69 Å². The predicted octanol–water partition coefficient (Wildman–Crippen LogP) is 1.83. The maximum Gasteiger partial charge on any atom is 0.246 e. The summed E-state index contributed by atoms with van der Waals surface area (Å²) in [5.41, 5.74) is 2.29. The Hall–Kier alpha value is -2.19. The van der Waals surface area contributed by atoms with Gasteiger partial charge in [0.1, 0.15) is 6.54 Å². The van der Waals surface area contributed by atoms with Crippen molar-refractivity contribution in [2.24, 2.45) is 0 Å². The lowest BCUT2D eigenvalue weighted by Crippen LogP contribution is -2.30. The van der Waals surface area contributed by atoms with Crippen molar-refractivity contribution in [2.75, 3.05) is 5.32 Å². The number of benzene rings is 1. The summed E-state index contributed by atoms with van der Waals surface area (Å²) in [6, 6.07) is 7.76. The molecule has 0 fully saturated rings. The summed E-state index contributed by atoms with van der Waals surface area (Å²) in [6.07, 6.45) is 0. The topological polar surface area (TPSA) is 93.1 Å². The van der Waals surface area contributed by atoms with Gasteiger partial charge in [0, 0.05) is 17.4 Å². The van der Waals surface area contributed by atoms with Crippen LogP contribution in [0.2, 0.25) is 0 Å². The number of rotatable bonds is 6. The predicted molar refractivity (Wildman–Crippen MR) is 92.2 cm³/mol. The Morgan fingerprint density at radius 2 is 1.83 bits per heavy atom. The quantitative estimate of drug-likeness (QED) is 0.831. The third-order valence-corrected chi connectivity index (χ3v) is 4.91. The molecule has 1 aromatic heterocycles. The Labute approximate surface area is 142 Å². The van der Waals surface area contributed by atoms with E-state index < -0.39 is 10.0 Å². The molecule has 2 N–H and O–H groups in total. The van der Waals surface area contributed by atoms with Gasteiger partial charge in [0.25, 0.3) is 0 Å². The highest BCUT2D eigenvalue weighted by Crippen LogP contribution is 2.14. The second-order valence-electron chi connectivity index (χ2n) is 5.93. The molecule has 1 heterocycles. The molecular weight excluding hydrogens is 328 g/mol. The van der Waals surface area contributed by atoms with Gasteiger partial charge in [-0.15, -0.1) is 0 Å². The van der Waals surface area contributed by atoms with Crippen molar-refractivity contribution in [3.8, 4) is 0 Å². The monoisotopic (exact) mass is 350 g/mol. The third-order valence-electron chi connectivity index (χ3n) is 3.24. The maximum absolute atomic E-state index is 12.1. The fourth-order valence-electron chi connectivity index (χ4n) is 2.27. The maximum atomic E-state index is 12.1. The Morgan fingerprint density at radius 1 is 1.21 bits per heavy atom. The number of hydrogen-bond acceptors (Lipinski definition) is 4. The zero-order valence-corrected chi connectivity index (χ0v) is 15.0. The highest BCUT2D eigenvalue weighted by Gasteiger charge is 2.15. The second-order valence-corrected chi connectivity index (χ2v) is 7.65. The van der Waals surface area contributed by atoms with Gasteiger partial charge in [-0.05, 0) is 58.0 Å². The summed E-state index contributed by atoms with van der Waals surface area (Å²) in [4.78, 5) is 12.2. The van der Waals surface area contributed by atoms with Crippen molar-refractivity contribution in [3.63, 3.8) is 0 Å². The fraction of sp³-hybridized carbons (Fsp3) is 0.375. The van der Waals surface area contributed by atoms with Crippen molar-refractivity contribution in [3.05, 3.63) is 41.7 Å². The molecular formula is C16H22N4O3S. The van der Waals surface area contributed by atoms with Crippen LogP contribution in [-0.4, -0.2) is 30.1 Å². The number of amides is 1. The van der Waals surface area contributed by atoms with Crippen LogP contribution >= 0.6 is 0 Å². The van der Waals surface area contributed by atoms with E-state index in [2.05, 4.69) is 15.1 Å². The van der Waals surface area contributed by atoms with Crippen molar-refractivity contribution in [1.82, 2.24) is 14.5 Å². The molecule has 0 spiro atoms. The SMILES string of the molecule is Cc1cc(C)n(CC(=O)Nc2ccc(S(=O)(=O)NC(C)C)cc2)n1. The fourth-order valence-corrected chi connectivity index (χ4v) is 3.52. The number of anilines is 1. The van der Waals surface area contributed by atoms with Gasteiger partial charge in [0.15, 0.2) is 0 Å². The Bertz CT molecular complexity index is 824. The lowest BCUT2D eigenvalue weighted by atomic mass is 10.3. The van der Waals surface area contributed by atoms with E-state index in [1.165, 1.54) is 12.1 Å². The average Bonchev–Trinajstić information content (AvgIpc) is 2.75. The van der Waals surface area contributed by atoms with Crippen LogP contribution in [0.4, 0.5) is 5.69 Å². The lowest BCUT2D eigenvalue weighted by Gasteiger charge is -2.11. The number of carbonyl (C=O) groups excluding carboxylic acids is 1. The van der Waals surface area contributed by atoms with Crippen LogP contribution in [0.25, 0.3) is 0 Å². The first-order chi connectivity index (χ1) is 11.2. The van der Waals surface area contributed by atoms with Crippen LogP contribution in [0.1, 0.15) is 25.2 Å². The van der Waals surface area contributed by atoms with Gasteiger partial charge in [-0.3, -0.25) is 9.48 Å². The number of sulfonamides is 1. The first-order valence-electron chi connectivity index (χ1n) is 7.60. The van der Waals surface area contributed by atoms with Crippen LogP contribution in [-0.2, 0) is 21.4 Å². The number of aryl methyl sites for hydroxylation is 2. The molecule has 130 valence electrons. The molecule has 1 amide bonds. The molecule has 0 saturated heterocycles. The molecule has 8 heteroatoms. The molecule has 0 aliphatic carbocycles. The number of nitrogens with zero attached hydrogens (tertiary/aromatic N) is 2. The smallest absolute Gasteiger partial charge is 0.246 e. The minimum Gasteiger partial charge on any atom is -0.324 e.